The lowest BCUT2D eigenvalue weighted by atomic mass is 10.5. The Labute approximate surface area is 88.4 Å². The highest BCUT2D eigenvalue weighted by Gasteiger charge is 2.09. The molecule has 0 fully saturated rings. The van der Waals surface area contributed by atoms with E-state index in [4.69, 9.17) is 5.73 Å². The van der Waals surface area contributed by atoms with E-state index in [2.05, 4.69) is 19.9 Å². The van der Waals surface area contributed by atoms with Crippen LogP contribution in [0.5, 0.6) is 0 Å². The van der Waals surface area contributed by atoms with Crippen LogP contribution in [-0.4, -0.2) is 24.5 Å². The topological polar surface area (TPSA) is 82.5 Å². The second-order valence-corrected chi connectivity index (χ2v) is 3.73. The lowest BCUT2D eigenvalue weighted by Gasteiger charge is -1.97. The standard InChI is InChI=1S/C8H6N6S/c9-6-5-7(12-3-11-6)14(4-13-5)8-10-1-2-15-8/h1-4H,(H2,9,11,12). The maximum absolute atomic E-state index is 5.68. The highest BCUT2D eigenvalue weighted by atomic mass is 32.1. The highest BCUT2D eigenvalue weighted by Crippen LogP contribution is 2.19. The molecule has 2 N–H and O–H groups in total. The zero-order chi connectivity index (χ0) is 10.3. The summed E-state index contributed by atoms with van der Waals surface area (Å²) in [7, 11) is 0. The van der Waals surface area contributed by atoms with Crippen molar-refractivity contribution < 1.29 is 0 Å². The van der Waals surface area contributed by atoms with Gasteiger partial charge >= 0.3 is 0 Å². The van der Waals surface area contributed by atoms with Gasteiger partial charge in [-0.2, -0.15) is 0 Å². The minimum absolute atomic E-state index is 0.385. The van der Waals surface area contributed by atoms with Crippen molar-refractivity contribution in [2.24, 2.45) is 0 Å². The number of fused-ring (bicyclic) bond motifs is 1. The fourth-order valence-corrected chi connectivity index (χ4v) is 1.94. The van der Waals surface area contributed by atoms with Gasteiger partial charge in [0, 0.05) is 11.6 Å². The first kappa shape index (κ1) is 8.30. The van der Waals surface area contributed by atoms with Crippen LogP contribution in [0.4, 0.5) is 5.82 Å². The average Bonchev–Trinajstić information content (AvgIpc) is 2.85. The monoisotopic (exact) mass is 218 g/mol. The number of nitrogens with zero attached hydrogens (tertiary/aromatic N) is 5. The van der Waals surface area contributed by atoms with E-state index in [0.717, 1.165) is 5.13 Å². The Morgan fingerprint density at radius 1 is 1.20 bits per heavy atom. The number of hydrogen-bond acceptors (Lipinski definition) is 6. The summed E-state index contributed by atoms with van der Waals surface area (Å²) in [5.74, 6) is 0.385. The molecule has 0 aromatic carbocycles. The van der Waals surface area contributed by atoms with E-state index in [9.17, 15) is 0 Å². The van der Waals surface area contributed by atoms with Gasteiger partial charge in [-0.1, -0.05) is 0 Å². The number of aromatic nitrogens is 5. The molecule has 74 valence electrons. The number of nitrogen functional groups attached to an aromatic ring is 1. The van der Waals surface area contributed by atoms with E-state index in [0.29, 0.717) is 17.0 Å². The van der Waals surface area contributed by atoms with Crippen LogP contribution in [0.1, 0.15) is 0 Å². The van der Waals surface area contributed by atoms with Gasteiger partial charge in [-0.05, 0) is 0 Å². The number of thiazole rings is 1. The largest absolute Gasteiger partial charge is 0.382 e. The predicted octanol–water partition coefficient (Wildman–Crippen LogP) is 0.854. The second kappa shape index (κ2) is 2.99. The molecule has 0 saturated heterocycles. The van der Waals surface area contributed by atoms with Crippen molar-refractivity contribution in [1.82, 2.24) is 24.5 Å². The van der Waals surface area contributed by atoms with E-state index >= 15 is 0 Å². The number of imidazole rings is 1. The van der Waals surface area contributed by atoms with E-state index in [1.165, 1.54) is 17.7 Å². The molecule has 6 nitrogen and oxygen atoms in total. The summed E-state index contributed by atoms with van der Waals surface area (Å²) in [5.41, 5.74) is 6.96. The SMILES string of the molecule is Nc1ncnc2c1ncn2-c1nccs1. The van der Waals surface area contributed by atoms with Crippen LogP contribution in [0.3, 0.4) is 0 Å². The average molecular weight is 218 g/mol. The Kier molecular flexibility index (Phi) is 1.65. The Hall–Kier alpha value is -2.02. The van der Waals surface area contributed by atoms with Gasteiger partial charge in [0.05, 0.1) is 0 Å². The molecule has 15 heavy (non-hydrogen) atoms. The van der Waals surface area contributed by atoms with Crippen LogP contribution in [0.15, 0.2) is 24.2 Å². The van der Waals surface area contributed by atoms with Gasteiger partial charge in [-0.25, -0.2) is 19.9 Å². The third-order valence-electron chi connectivity index (χ3n) is 1.99. The smallest absolute Gasteiger partial charge is 0.196 e. The van der Waals surface area contributed by atoms with Crippen LogP contribution in [-0.2, 0) is 0 Å². The summed E-state index contributed by atoms with van der Waals surface area (Å²) in [6.45, 7) is 0. The van der Waals surface area contributed by atoms with Crippen molar-refractivity contribution in [2.75, 3.05) is 5.73 Å². The van der Waals surface area contributed by atoms with Crippen LogP contribution >= 0.6 is 11.3 Å². The summed E-state index contributed by atoms with van der Waals surface area (Å²) in [6, 6.07) is 0. The van der Waals surface area contributed by atoms with E-state index in [1.807, 2.05) is 5.38 Å². The van der Waals surface area contributed by atoms with Crippen molar-refractivity contribution in [3.05, 3.63) is 24.2 Å². The summed E-state index contributed by atoms with van der Waals surface area (Å²) >= 11 is 1.51. The molecule has 0 amide bonds. The molecule has 0 aliphatic carbocycles. The summed E-state index contributed by atoms with van der Waals surface area (Å²) in [5, 5.41) is 2.71. The molecule has 0 radical (unpaired) electrons. The molecular weight excluding hydrogens is 212 g/mol. The zero-order valence-corrected chi connectivity index (χ0v) is 8.35. The minimum atomic E-state index is 0.385. The molecule has 3 aromatic heterocycles. The van der Waals surface area contributed by atoms with Crippen LogP contribution in [0.2, 0.25) is 0 Å². The normalized spacial score (nSPS) is 10.9. The van der Waals surface area contributed by atoms with Gasteiger partial charge in [-0.3, -0.25) is 4.57 Å². The summed E-state index contributed by atoms with van der Waals surface area (Å²) in [6.07, 6.45) is 4.80. The van der Waals surface area contributed by atoms with Gasteiger partial charge in [0.25, 0.3) is 0 Å². The molecule has 0 aliphatic heterocycles. The molecule has 0 spiro atoms. The first-order valence-corrected chi connectivity index (χ1v) is 5.07. The lowest BCUT2D eigenvalue weighted by molar-refractivity contribution is 1.04. The maximum atomic E-state index is 5.68. The van der Waals surface area contributed by atoms with Crippen molar-refractivity contribution >= 4 is 28.3 Å². The van der Waals surface area contributed by atoms with Gasteiger partial charge in [0.1, 0.15) is 12.7 Å². The fourth-order valence-electron chi connectivity index (χ4n) is 1.33. The Morgan fingerprint density at radius 2 is 2.13 bits per heavy atom. The number of hydrogen-bond donors (Lipinski definition) is 1. The molecule has 7 heteroatoms. The lowest BCUT2D eigenvalue weighted by Crippen LogP contribution is -1.96. The quantitative estimate of drug-likeness (QED) is 0.654. The van der Waals surface area contributed by atoms with Gasteiger partial charge in [-0.15, -0.1) is 11.3 Å². The van der Waals surface area contributed by atoms with Crippen LogP contribution in [0.25, 0.3) is 16.3 Å². The Balaban J connectivity index is 2.34. The molecule has 3 aromatic rings. The Bertz CT molecular complexity index is 599. The fraction of sp³-hybridized carbons (Fsp3) is 0. The third-order valence-corrected chi connectivity index (χ3v) is 2.76. The van der Waals surface area contributed by atoms with E-state index in [-0.39, 0.29) is 0 Å². The number of anilines is 1. The molecule has 0 atom stereocenters. The van der Waals surface area contributed by atoms with Crippen molar-refractivity contribution in [2.45, 2.75) is 0 Å². The first-order valence-electron chi connectivity index (χ1n) is 4.19. The van der Waals surface area contributed by atoms with Crippen molar-refractivity contribution in [3.8, 4) is 5.13 Å². The first-order chi connectivity index (χ1) is 7.36. The van der Waals surface area contributed by atoms with E-state index in [1.54, 1.807) is 17.1 Å². The molecule has 0 aliphatic rings. The summed E-state index contributed by atoms with van der Waals surface area (Å²) in [4.78, 5) is 16.3. The highest BCUT2D eigenvalue weighted by molar-refractivity contribution is 7.12. The van der Waals surface area contributed by atoms with Crippen LogP contribution in [0, 0.1) is 0 Å². The predicted molar refractivity (Wildman–Crippen MR) is 56.7 cm³/mol. The zero-order valence-electron chi connectivity index (χ0n) is 7.53. The molecule has 0 unspecified atom stereocenters. The van der Waals surface area contributed by atoms with Gasteiger partial charge in [0.2, 0.25) is 0 Å². The maximum Gasteiger partial charge on any atom is 0.196 e. The minimum Gasteiger partial charge on any atom is -0.382 e. The molecule has 0 saturated carbocycles. The molecule has 0 bridgehead atoms. The van der Waals surface area contributed by atoms with E-state index < -0.39 is 0 Å². The second-order valence-electron chi connectivity index (χ2n) is 2.86. The third kappa shape index (κ3) is 1.17. The molecule has 3 heterocycles. The molecular formula is C8H6N6S. The van der Waals surface area contributed by atoms with Gasteiger partial charge in [0.15, 0.2) is 22.1 Å². The van der Waals surface area contributed by atoms with Crippen molar-refractivity contribution in [3.63, 3.8) is 0 Å². The van der Waals surface area contributed by atoms with Gasteiger partial charge < -0.3 is 5.73 Å². The van der Waals surface area contributed by atoms with Crippen molar-refractivity contribution in [1.29, 1.82) is 0 Å². The molecule has 3 rings (SSSR count). The van der Waals surface area contributed by atoms with Crippen LogP contribution < -0.4 is 5.73 Å². The Morgan fingerprint density at radius 3 is 2.93 bits per heavy atom. The number of rotatable bonds is 1. The number of nitrogens with two attached hydrogens (primary N) is 1. The summed E-state index contributed by atoms with van der Waals surface area (Å²) < 4.78 is 1.79.